The van der Waals surface area contributed by atoms with Crippen LogP contribution >= 0.6 is 15.9 Å². The number of nitrogens with one attached hydrogen (secondary N) is 2. The van der Waals surface area contributed by atoms with Gasteiger partial charge in [-0.05, 0) is 15.9 Å². The van der Waals surface area contributed by atoms with E-state index in [1.807, 2.05) is 0 Å². The molecule has 16 heavy (non-hydrogen) atoms. The highest BCUT2D eigenvalue weighted by Crippen LogP contribution is 2.12. The van der Waals surface area contributed by atoms with Gasteiger partial charge < -0.3 is 15.0 Å². The molecule has 0 atom stereocenters. The van der Waals surface area contributed by atoms with E-state index in [2.05, 4.69) is 36.0 Å². The summed E-state index contributed by atoms with van der Waals surface area (Å²) in [6.07, 6.45) is -1.22. The molecule has 0 aliphatic rings. The van der Waals surface area contributed by atoms with Crippen LogP contribution in [0, 0.1) is 0 Å². The summed E-state index contributed by atoms with van der Waals surface area (Å²) in [5, 5.41) is 2.78. The molecule has 5 nitrogen and oxygen atoms in total. The van der Waals surface area contributed by atoms with Gasteiger partial charge >= 0.3 is 0 Å². The fourth-order valence-corrected chi connectivity index (χ4v) is 1.28. The van der Waals surface area contributed by atoms with Gasteiger partial charge in [-0.1, -0.05) is 0 Å². The van der Waals surface area contributed by atoms with Gasteiger partial charge in [0.1, 0.15) is 16.9 Å². The number of hydrogen-bond donors (Lipinski definition) is 2. The number of aromatic nitrogens is 2. The van der Waals surface area contributed by atoms with E-state index in [9.17, 15) is 13.6 Å². The highest BCUT2D eigenvalue weighted by Gasteiger charge is 2.04. The summed E-state index contributed by atoms with van der Waals surface area (Å²) in [5.74, 6) is 0.351. The molecule has 0 unspecified atom stereocenters. The molecule has 0 amide bonds. The van der Waals surface area contributed by atoms with Crippen molar-refractivity contribution in [2.24, 2.45) is 0 Å². The first kappa shape index (κ1) is 13.0. The first-order valence-electron chi connectivity index (χ1n) is 4.44. The van der Waals surface area contributed by atoms with E-state index in [0.29, 0.717) is 12.4 Å². The number of ether oxygens (including phenoxy) is 1. The zero-order valence-corrected chi connectivity index (χ0v) is 9.76. The van der Waals surface area contributed by atoms with Crippen LogP contribution in [0.2, 0.25) is 0 Å². The predicted molar refractivity (Wildman–Crippen MR) is 57.9 cm³/mol. The van der Waals surface area contributed by atoms with Crippen molar-refractivity contribution in [1.82, 2.24) is 9.97 Å². The van der Waals surface area contributed by atoms with Gasteiger partial charge in [-0.15, -0.1) is 0 Å². The Morgan fingerprint density at radius 3 is 3.06 bits per heavy atom. The van der Waals surface area contributed by atoms with Crippen molar-refractivity contribution in [3.8, 4) is 0 Å². The minimum atomic E-state index is -2.47. The Hall–Kier alpha value is -1.02. The molecule has 0 aliphatic heterocycles. The van der Waals surface area contributed by atoms with Crippen molar-refractivity contribution in [2.75, 3.05) is 25.1 Å². The molecule has 90 valence electrons. The largest absolute Gasteiger partial charge is 0.374 e. The molecule has 1 rings (SSSR count). The van der Waals surface area contributed by atoms with Gasteiger partial charge in [0.05, 0.1) is 12.9 Å². The van der Waals surface area contributed by atoms with Gasteiger partial charge in [0, 0.05) is 6.54 Å². The lowest BCUT2D eigenvalue weighted by Crippen LogP contribution is -2.16. The van der Waals surface area contributed by atoms with Crippen LogP contribution in [-0.2, 0) is 4.74 Å². The Bertz CT molecular complexity index is 386. The Morgan fingerprint density at radius 2 is 2.38 bits per heavy atom. The molecule has 2 N–H and O–H groups in total. The van der Waals surface area contributed by atoms with Crippen LogP contribution < -0.4 is 10.9 Å². The predicted octanol–water partition coefficient (Wildman–Crippen LogP) is 1.23. The van der Waals surface area contributed by atoms with Crippen molar-refractivity contribution in [3.63, 3.8) is 0 Å². The molecular formula is C8H10BrF2N3O2. The molecule has 1 heterocycles. The molecule has 0 saturated heterocycles. The van der Waals surface area contributed by atoms with Crippen LogP contribution in [0.25, 0.3) is 0 Å². The lowest BCUT2D eigenvalue weighted by atomic mass is 10.5. The zero-order valence-electron chi connectivity index (χ0n) is 8.17. The number of hydrogen-bond acceptors (Lipinski definition) is 4. The average molecular weight is 298 g/mol. The molecule has 0 fully saturated rings. The molecule has 8 heteroatoms. The Balaban J connectivity index is 2.32. The van der Waals surface area contributed by atoms with Crippen molar-refractivity contribution in [3.05, 3.63) is 21.2 Å². The van der Waals surface area contributed by atoms with Gasteiger partial charge in [0.25, 0.3) is 12.0 Å². The summed E-state index contributed by atoms with van der Waals surface area (Å²) < 4.78 is 28.3. The molecule has 1 aromatic rings. The smallest absolute Gasteiger partial charge is 0.267 e. The summed E-state index contributed by atoms with van der Waals surface area (Å²) in [4.78, 5) is 17.3. The van der Waals surface area contributed by atoms with E-state index < -0.39 is 13.0 Å². The SMILES string of the molecule is O=c1[nH]cnc(NCCOCC(F)F)c1Br. The quantitative estimate of drug-likeness (QED) is 0.775. The second kappa shape index (κ2) is 6.54. The Labute approximate surface area is 98.4 Å². The second-order valence-electron chi connectivity index (χ2n) is 2.79. The van der Waals surface area contributed by atoms with Crippen LogP contribution in [0.4, 0.5) is 14.6 Å². The first-order valence-corrected chi connectivity index (χ1v) is 5.23. The molecule has 0 aromatic carbocycles. The minimum absolute atomic E-state index is 0.116. The van der Waals surface area contributed by atoms with Crippen molar-refractivity contribution in [1.29, 1.82) is 0 Å². The fourth-order valence-electron chi connectivity index (χ4n) is 0.920. The summed E-state index contributed by atoms with van der Waals surface area (Å²) in [7, 11) is 0. The standard InChI is InChI=1S/C8H10BrF2N3O2/c9-6-7(13-4-14-8(6)15)12-1-2-16-3-5(10)11/h4-5H,1-3H2,(H2,12,13,14,15). The first-order chi connectivity index (χ1) is 7.61. The molecule has 0 radical (unpaired) electrons. The van der Waals surface area contributed by atoms with E-state index in [0.717, 1.165) is 0 Å². The van der Waals surface area contributed by atoms with E-state index in [-0.39, 0.29) is 16.6 Å². The van der Waals surface area contributed by atoms with Crippen LogP contribution in [-0.4, -0.2) is 36.2 Å². The maximum absolute atomic E-state index is 11.7. The number of aromatic amines is 1. The normalized spacial score (nSPS) is 10.8. The van der Waals surface area contributed by atoms with E-state index >= 15 is 0 Å². The van der Waals surface area contributed by atoms with Gasteiger partial charge in [-0.3, -0.25) is 4.79 Å². The number of nitrogens with zero attached hydrogens (tertiary/aromatic N) is 1. The highest BCUT2D eigenvalue weighted by molar-refractivity contribution is 9.10. The van der Waals surface area contributed by atoms with Gasteiger partial charge in [-0.2, -0.15) is 0 Å². The molecule has 0 spiro atoms. The molecule has 0 bridgehead atoms. The number of anilines is 1. The fraction of sp³-hybridized carbons (Fsp3) is 0.500. The van der Waals surface area contributed by atoms with Crippen LogP contribution in [0.15, 0.2) is 15.6 Å². The maximum Gasteiger partial charge on any atom is 0.267 e. The Kier molecular flexibility index (Phi) is 5.33. The van der Waals surface area contributed by atoms with E-state index in [1.165, 1.54) is 6.33 Å². The number of H-pyrrole nitrogens is 1. The number of rotatable bonds is 6. The minimum Gasteiger partial charge on any atom is -0.374 e. The molecular weight excluding hydrogens is 288 g/mol. The number of alkyl halides is 2. The summed E-state index contributed by atoms with van der Waals surface area (Å²) >= 11 is 3.04. The van der Waals surface area contributed by atoms with Crippen molar-refractivity contribution >= 4 is 21.7 Å². The number of halogens is 3. The lowest BCUT2D eigenvalue weighted by molar-refractivity contribution is 0.0214. The van der Waals surface area contributed by atoms with Gasteiger partial charge in [0.15, 0.2) is 0 Å². The third-order valence-electron chi connectivity index (χ3n) is 1.58. The monoisotopic (exact) mass is 297 g/mol. The van der Waals surface area contributed by atoms with Crippen LogP contribution in [0.1, 0.15) is 0 Å². The van der Waals surface area contributed by atoms with E-state index in [4.69, 9.17) is 0 Å². The van der Waals surface area contributed by atoms with Crippen LogP contribution in [0.3, 0.4) is 0 Å². The molecule has 0 aliphatic carbocycles. The summed E-state index contributed by atoms with van der Waals surface area (Å²) in [6, 6.07) is 0. The maximum atomic E-state index is 11.7. The Morgan fingerprint density at radius 1 is 1.62 bits per heavy atom. The lowest BCUT2D eigenvalue weighted by Gasteiger charge is -2.06. The third kappa shape index (κ3) is 4.23. The van der Waals surface area contributed by atoms with Crippen LogP contribution in [0.5, 0.6) is 0 Å². The summed E-state index contributed by atoms with van der Waals surface area (Å²) in [5.41, 5.74) is -0.314. The average Bonchev–Trinajstić information content (AvgIpc) is 2.23. The molecule has 0 saturated carbocycles. The summed E-state index contributed by atoms with van der Waals surface area (Å²) in [6.45, 7) is -0.182. The topological polar surface area (TPSA) is 67.0 Å². The van der Waals surface area contributed by atoms with Gasteiger partial charge in [-0.25, -0.2) is 13.8 Å². The van der Waals surface area contributed by atoms with Crippen molar-refractivity contribution in [2.45, 2.75) is 6.43 Å². The van der Waals surface area contributed by atoms with Gasteiger partial charge in [0.2, 0.25) is 0 Å². The van der Waals surface area contributed by atoms with E-state index in [1.54, 1.807) is 0 Å². The highest BCUT2D eigenvalue weighted by atomic mass is 79.9. The zero-order chi connectivity index (χ0) is 12.0. The van der Waals surface area contributed by atoms with Crippen molar-refractivity contribution < 1.29 is 13.5 Å². The third-order valence-corrected chi connectivity index (χ3v) is 2.31. The molecule has 1 aromatic heterocycles. The second-order valence-corrected chi connectivity index (χ2v) is 3.58.